The summed E-state index contributed by atoms with van der Waals surface area (Å²) in [5, 5.41) is 7.93. The summed E-state index contributed by atoms with van der Waals surface area (Å²) in [7, 11) is 0. The molecule has 20 heavy (non-hydrogen) atoms. The van der Waals surface area contributed by atoms with Crippen LogP contribution in [0.15, 0.2) is 4.52 Å². The molecule has 0 aliphatic carbocycles. The van der Waals surface area contributed by atoms with Crippen molar-refractivity contribution in [3.8, 4) is 10.8 Å². The minimum atomic E-state index is -0.216. The van der Waals surface area contributed by atoms with Crippen LogP contribution in [0.2, 0.25) is 0 Å². The number of aryl methyl sites for hydroxylation is 1. The third kappa shape index (κ3) is 2.87. The molecule has 0 aromatic carbocycles. The van der Waals surface area contributed by atoms with Gasteiger partial charge >= 0.3 is 0 Å². The van der Waals surface area contributed by atoms with Crippen molar-refractivity contribution in [2.45, 2.75) is 32.2 Å². The molecule has 7 nitrogen and oxygen atoms in total. The Morgan fingerprint density at radius 3 is 2.85 bits per heavy atom. The molecule has 0 radical (unpaired) electrons. The summed E-state index contributed by atoms with van der Waals surface area (Å²) in [6, 6.07) is -0.216. The van der Waals surface area contributed by atoms with Gasteiger partial charge in [-0.3, -0.25) is 0 Å². The van der Waals surface area contributed by atoms with Crippen LogP contribution in [-0.2, 0) is 0 Å². The highest BCUT2D eigenvalue weighted by Gasteiger charge is 2.21. The van der Waals surface area contributed by atoms with Crippen LogP contribution in [0.4, 0.5) is 0 Å². The Morgan fingerprint density at radius 1 is 1.35 bits per heavy atom. The Balaban J connectivity index is 1.68. The summed E-state index contributed by atoms with van der Waals surface area (Å²) in [5.41, 5.74) is 6.98. The van der Waals surface area contributed by atoms with Crippen LogP contribution in [-0.4, -0.2) is 44.3 Å². The lowest BCUT2D eigenvalue weighted by Gasteiger charge is -2.27. The lowest BCUT2D eigenvalue weighted by atomic mass is 10.1. The van der Waals surface area contributed by atoms with Gasteiger partial charge < -0.3 is 15.2 Å². The first kappa shape index (κ1) is 13.6. The van der Waals surface area contributed by atoms with E-state index in [-0.39, 0.29) is 6.04 Å². The van der Waals surface area contributed by atoms with Crippen molar-refractivity contribution in [1.82, 2.24) is 24.6 Å². The Labute approximate surface area is 121 Å². The first-order valence-corrected chi connectivity index (χ1v) is 7.62. The average Bonchev–Trinajstić information content (AvgIpc) is 3.08. The normalized spacial score (nSPS) is 18.3. The summed E-state index contributed by atoms with van der Waals surface area (Å²) >= 11 is 1.25. The number of rotatable bonds is 4. The molecule has 2 N–H and O–H groups in total. The maximum atomic E-state index is 6.18. The number of hydrogen-bond donors (Lipinski definition) is 1. The predicted octanol–water partition coefficient (Wildman–Crippen LogP) is 1.38. The lowest BCUT2D eigenvalue weighted by molar-refractivity contribution is 0.213. The molecule has 0 saturated carbocycles. The molecule has 1 fully saturated rings. The molecule has 1 saturated heterocycles. The van der Waals surface area contributed by atoms with Crippen molar-refractivity contribution in [3.05, 3.63) is 11.5 Å². The van der Waals surface area contributed by atoms with Gasteiger partial charge in [-0.1, -0.05) is 16.1 Å². The minimum absolute atomic E-state index is 0.216. The Morgan fingerprint density at radius 2 is 2.15 bits per heavy atom. The maximum Gasteiger partial charge on any atom is 0.271 e. The van der Waals surface area contributed by atoms with E-state index in [4.69, 9.17) is 10.3 Å². The summed E-state index contributed by atoms with van der Waals surface area (Å²) in [4.78, 5) is 7.56. The van der Waals surface area contributed by atoms with Crippen molar-refractivity contribution < 1.29 is 4.52 Å². The van der Waals surface area contributed by atoms with Crippen molar-refractivity contribution in [1.29, 1.82) is 0 Å². The fourth-order valence-electron chi connectivity index (χ4n) is 2.41. The largest absolute Gasteiger partial charge is 0.333 e. The van der Waals surface area contributed by atoms with Gasteiger partial charge in [-0.2, -0.15) is 4.98 Å². The number of aromatic nitrogens is 4. The van der Waals surface area contributed by atoms with Crippen LogP contribution in [0.5, 0.6) is 0 Å². The van der Waals surface area contributed by atoms with Crippen molar-refractivity contribution >= 4 is 11.5 Å². The van der Waals surface area contributed by atoms with Crippen LogP contribution in [0.25, 0.3) is 10.8 Å². The van der Waals surface area contributed by atoms with Crippen LogP contribution in [0, 0.1) is 6.92 Å². The van der Waals surface area contributed by atoms with E-state index in [1.165, 1.54) is 30.8 Å². The van der Waals surface area contributed by atoms with Crippen LogP contribution in [0.1, 0.15) is 36.8 Å². The lowest BCUT2D eigenvalue weighted by Crippen LogP contribution is -2.36. The number of nitrogens with two attached hydrogens (primary N) is 1. The molecule has 0 spiro atoms. The Kier molecular flexibility index (Phi) is 4.04. The van der Waals surface area contributed by atoms with Gasteiger partial charge in [0.1, 0.15) is 4.88 Å². The van der Waals surface area contributed by atoms with Gasteiger partial charge in [0.05, 0.1) is 11.7 Å². The quantitative estimate of drug-likeness (QED) is 0.910. The first-order chi connectivity index (χ1) is 9.74. The van der Waals surface area contributed by atoms with Gasteiger partial charge in [-0.25, -0.2) is 0 Å². The zero-order valence-electron chi connectivity index (χ0n) is 11.4. The van der Waals surface area contributed by atoms with Crippen LogP contribution < -0.4 is 5.73 Å². The molecule has 8 heteroatoms. The SMILES string of the molecule is Cc1nnsc1-c1nc(C(N)CN2CCCCC2)no1. The summed E-state index contributed by atoms with van der Waals surface area (Å²) < 4.78 is 9.14. The molecule has 3 heterocycles. The number of likely N-dealkylation sites (tertiary alicyclic amines) is 1. The van der Waals surface area contributed by atoms with Gasteiger partial charge in [0.2, 0.25) is 0 Å². The van der Waals surface area contributed by atoms with Gasteiger partial charge in [0, 0.05) is 6.54 Å². The molecule has 1 aliphatic rings. The molecule has 0 amide bonds. The van der Waals surface area contributed by atoms with Gasteiger partial charge in [0.15, 0.2) is 5.82 Å². The highest BCUT2D eigenvalue weighted by Crippen LogP contribution is 2.24. The smallest absolute Gasteiger partial charge is 0.271 e. The molecule has 2 aromatic heterocycles. The molecular weight excluding hydrogens is 276 g/mol. The molecule has 1 unspecified atom stereocenters. The van der Waals surface area contributed by atoms with E-state index in [9.17, 15) is 0 Å². The highest BCUT2D eigenvalue weighted by atomic mass is 32.1. The second-order valence-corrected chi connectivity index (χ2v) is 5.87. The second kappa shape index (κ2) is 5.94. The van der Waals surface area contributed by atoms with E-state index < -0.39 is 0 Å². The minimum Gasteiger partial charge on any atom is -0.333 e. The first-order valence-electron chi connectivity index (χ1n) is 6.85. The predicted molar refractivity (Wildman–Crippen MR) is 75.2 cm³/mol. The number of hydrogen-bond acceptors (Lipinski definition) is 8. The molecule has 3 rings (SSSR count). The maximum absolute atomic E-state index is 6.18. The van der Waals surface area contributed by atoms with Gasteiger partial charge in [-0.05, 0) is 44.4 Å². The Hall–Kier alpha value is -1.38. The molecular formula is C12H18N6OS. The Bertz CT molecular complexity index is 562. The standard InChI is InChI=1S/C12H18N6OS/c1-8-10(20-17-15-8)12-14-11(16-19-12)9(13)7-18-5-3-2-4-6-18/h9H,2-7,13H2,1H3. The van der Waals surface area contributed by atoms with Crippen molar-refractivity contribution in [3.63, 3.8) is 0 Å². The van der Waals surface area contributed by atoms with E-state index in [0.717, 1.165) is 30.2 Å². The monoisotopic (exact) mass is 294 g/mol. The molecule has 0 bridgehead atoms. The molecule has 108 valence electrons. The van der Waals surface area contributed by atoms with E-state index >= 15 is 0 Å². The van der Waals surface area contributed by atoms with Crippen LogP contribution >= 0.6 is 11.5 Å². The van der Waals surface area contributed by atoms with Crippen molar-refractivity contribution in [2.24, 2.45) is 5.73 Å². The fraction of sp³-hybridized carbons (Fsp3) is 0.667. The zero-order chi connectivity index (χ0) is 13.9. The fourth-order valence-corrected chi connectivity index (χ4v) is 2.99. The summed E-state index contributed by atoms with van der Waals surface area (Å²) in [5.74, 6) is 1.01. The van der Waals surface area contributed by atoms with E-state index in [2.05, 4.69) is 24.6 Å². The number of nitrogens with zero attached hydrogens (tertiary/aromatic N) is 5. The van der Waals surface area contributed by atoms with E-state index in [1.807, 2.05) is 6.92 Å². The van der Waals surface area contributed by atoms with E-state index in [0.29, 0.717) is 11.7 Å². The van der Waals surface area contributed by atoms with E-state index in [1.54, 1.807) is 0 Å². The zero-order valence-corrected chi connectivity index (χ0v) is 12.3. The van der Waals surface area contributed by atoms with Crippen LogP contribution in [0.3, 0.4) is 0 Å². The second-order valence-electron chi connectivity index (χ2n) is 5.11. The van der Waals surface area contributed by atoms with Gasteiger partial charge in [-0.15, -0.1) is 5.10 Å². The summed E-state index contributed by atoms with van der Waals surface area (Å²) in [6.07, 6.45) is 3.81. The van der Waals surface area contributed by atoms with Gasteiger partial charge in [0.25, 0.3) is 5.89 Å². The number of piperidine rings is 1. The third-order valence-electron chi connectivity index (χ3n) is 3.52. The topological polar surface area (TPSA) is 94.0 Å². The molecule has 1 aliphatic heterocycles. The van der Waals surface area contributed by atoms with Crippen molar-refractivity contribution in [2.75, 3.05) is 19.6 Å². The summed E-state index contributed by atoms with van der Waals surface area (Å²) in [6.45, 7) is 4.86. The molecule has 2 aromatic rings. The third-order valence-corrected chi connectivity index (χ3v) is 4.34. The average molecular weight is 294 g/mol. The molecule has 1 atom stereocenters. The highest BCUT2D eigenvalue weighted by molar-refractivity contribution is 7.09.